The molecule has 1 amide bonds. The Morgan fingerprint density at radius 2 is 2.15 bits per heavy atom. The minimum absolute atomic E-state index is 0.0663. The van der Waals surface area contributed by atoms with Gasteiger partial charge in [-0.2, -0.15) is 5.10 Å². The first-order valence-electron chi connectivity index (χ1n) is 8.80. The summed E-state index contributed by atoms with van der Waals surface area (Å²) in [5, 5.41) is 10.1. The normalized spacial score (nSPS) is 19.0. The Labute approximate surface area is 153 Å². The highest BCUT2D eigenvalue weighted by molar-refractivity contribution is 5.94. The average Bonchev–Trinajstić information content (AvgIpc) is 3.05. The van der Waals surface area contributed by atoms with E-state index in [2.05, 4.69) is 15.5 Å². The molecular weight excluding hydrogens is 334 g/mol. The SMILES string of the molecule is COCCOc1ccccc1CNC(=O)c1n[nH]c2c1C[C@H](C)O[C@@H]2C. The maximum Gasteiger partial charge on any atom is 0.272 e. The molecule has 0 saturated heterocycles. The molecule has 0 bridgehead atoms. The number of methoxy groups -OCH3 is 1. The Kier molecular flexibility index (Phi) is 5.90. The van der Waals surface area contributed by atoms with E-state index >= 15 is 0 Å². The van der Waals surface area contributed by atoms with Crippen LogP contribution in [-0.2, 0) is 22.4 Å². The van der Waals surface area contributed by atoms with Crippen molar-refractivity contribution in [2.45, 2.75) is 39.0 Å². The third-order valence-corrected chi connectivity index (χ3v) is 4.41. The summed E-state index contributed by atoms with van der Waals surface area (Å²) in [6.07, 6.45) is 0.657. The highest BCUT2D eigenvalue weighted by Gasteiger charge is 2.29. The number of amides is 1. The van der Waals surface area contributed by atoms with Crippen LogP contribution in [0.3, 0.4) is 0 Å². The van der Waals surface area contributed by atoms with Crippen LogP contribution in [0.4, 0.5) is 0 Å². The van der Waals surface area contributed by atoms with Crippen molar-refractivity contribution in [2.24, 2.45) is 0 Å². The molecule has 1 aliphatic rings. The van der Waals surface area contributed by atoms with Gasteiger partial charge in [-0.25, -0.2) is 0 Å². The van der Waals surface area contributed by atoms with Gasteiger partial charge < -0.3 is 19.5 Å². The topological polar surface area (TPSA) is 85.5 Å². The molecule has 0 unspecified atom stereocenters. The molecular formula is C19H25N3O4. The zero-order valence-corrected chi connectivity index (χ0v) is 15.4. The molecule has 0 radical (unpaired) electrons. The molecule has 0 aliphatic carbocycles. The summed E-state index contributed by atoms with van der Waals surface area (Å²) in [6.45, 7) is 5.30. The summed E-state index contributed by atoms with van der Waals surface area (Å²) in [5.74, 6) is 0.542. The van der Waals surface area contributed by atoms with Crippen LogP contribution in [0.1, 0.15) is 47.3 Å². The van der Waals surface area contributed by atoms with Gasteiger partial charge in [0.2, 0.25) is 0 Å². The fourth-order valence-electron chi connectivity index (χ4n) is 3.15. The first-order chi connectivity index (χ1) is 12.6. The quantitative estimate of drug-likeness (QED) is 0.742. The van der Waals surface area contributed by atoms with Crippen molar-refractivity contribution in [2.75, 3.05) is 20.3 Å². The second-order valence-electron chi connectivity index (χ2n) is 6.39. The molecule has 26 heavy (non-hydrogen) atoms. The molecule has 3 rings (SSSR count). The van der Waals surface area contributed by atoms with E-state index in [0.29, 0.717) is 31.9 Å². The van der Waals surface area contributed by atoms with Gasteiger partial charge >= 0.3 is 0 Å². The highest BCUT2D eigenvalue weighted by atomic mass is 16.5. The van der Waals surface area contributed by atoms with Gasteiger partial charge in [0.15, 0.2) is 5.69 Å². The molecule has 2 heterocycles. The van der Waals surface area contributed by atoms with Gasteiger partial charge in [0.25, 0.3) is 5.91 Å². The standard InChI is InChI=1S/C19H25N3O4/c1-12-10-15-17(13(2)26-12)21-22-18(15)19(23)20-11-14-6-4-5-7-16(14)25-9-8-24-3/h4-7,12-13H,8-11H2,1-3H3,(H,20,23)(H,21,22)/t12-,13+/m0/s1. The zero-order chi connectivity index (χ0) is 18.5. The molecule has 2 aromatic rings. The number of aromatic amines is 1. The number of aromatic nitrogens is 2. The van der Waals surface area contributed by atoms with Crippen LogP contribution in [0.5, 0.6) is 5.75 Å². The number of para-hydroxylation sites is 1. The summed E-state index contributed by atoms with van der Waals surface area (Å²) < 4.78 is 16.5. The Morgan fingerprint density at radius 1 is 1.35 bits per heavy atom. The number of nitrogens with one attached hydrogen (secondary N) is 2. The number of nitrogens with zero attached hydrogens (tertiary/aromatic N) is 1. The minimum Gasteiger partial charge on any atom is -0.491 e. The summed E-state index contributed by atoms with van der Waals surface area (Å²) in [6, 6.07) is 7.64. The number of hydrogen-bond acceptors (Lipinski definition) is 5. The largest absolute Gasteiger partial charge is 0.491 e. The van der Waals surface area contributed by atoms with Crippen molar-refractivity contribution < 1.29 is 19.0 Å². The van der Waals surface area contributed by atoms with Crippen LogP contribution in [-0.4, -0.2) is 42.5 Å². The van der Waals surface area contributed by atoms with Gasteiger partial charge in [-0.1, -0.05) is 18.2 Å². The lowest BCUT2D eigenvalue weighted by atomic mass is 9.99. The van der Waals surface area contributed by atoms with E-state index in [-0.39, 0.29) is 18.1 Å². The number of H-pyrrole nitrogens is 1. The number of hydrogen-bond donors (Lipinski definition) is 2. The summed E-state index contributed by atoms with van der Waals surface area (Å²) in [5.41, 5.74) is 3.18. The van der Waals surface area contributed by atoms with E-state index < -0.39 is 0 Å². The molecule has 0 saturated carbocycles. The highest BCUT2D eigenvalue weighted by Crippen LogP contribution is 2.30. The molecule has 0 spiro atoms. The molecule has 1 aliphatic heterocycles. The van der Waals surface area contributed by atoms with E-state index in [1.54, 1.807) is 7.11 Å². The van der Waals surface area contributed by atoms with Gasteiger partial charge in [0, 0.05) is 31.2 Å². The Morgan fingerprint density at radius 3 is 2.96 bits per heavy atom. The number of benzene rings is 1. The molecule has 2 atom stereocenters. The van der Waals surface area contributed by atoms with E-state index in [1.165, 1.54) is 0 Å². The fraction of sp³-hybridized carbons (Fsp3) is 0.474. The second-order valence-corrected chi connectivity index (χ2v) is 6.39. The monoisotopic (exact) mass is 359 g/mol. The molecule has 1 aromatic heterocycles. The van der Waals surface area contributed by atoms with Crippen molar-refractivity contribution in [3.05, 3.63) is 46.8 Å². The van der Waals surface area contributed by atoms with Crippen LogP contribution in [0.2, 0.25) is 0 Å². The zero-order valence-electron chi connectivity index (χ0n) is 15.4. The lowest BCUT2D eigenvalue weighted by Gasteiger charge is -2.25. The van der Waals surface area contributed by atoms with Gasteiger partial charge in [0.05, 0.1) is 24.5 Å². The van der Waals surface area contributed by atoms with Gasteiger partial charge in [-0.05, 0) is 19.9 Å². The van der Waals surface area contributed by atoms with E-state index in [1.807, 2.05) is 38.1 Å². The number of carbonyl (C=O) groups excluding carboxylic acids is 1. The minimum atomic E-state index is -0.199. The Hall–Kier alpha value is -2.38. The maximum atomic E-state index is 12.6. The number of ether oxygens (including phenoxy) is 3. The summed E-state index contributed by atoms with van der Waals surface area (Å²) in [4.78, 5) is 12.6. The maximum absolute atomic E-state index is 12.6. The van der Waals surface area contributed by atoms with Crippen LogP contribution < -0.4 is 10.1 Å². The number of rotatable bonds is 7. The Bertz CT molecular complexity index is 759. The van der Waals surface area contributed by atoms with Gasteiger partial charge in [-0.15, -0.1) is 0 Å². The van der Waals surface area contributed by atoms with Crippen molar-refractivity contribution in [3.8, 4) is 5.75 Å². The van der Waals surface area contributed by atoms with Crippen LogP contribution in [0.15, 0.2) is 24.3 Å². The fourth-order valence-corrected chi connectivity index (χ4v) is 3.15. The third-order valence-electron chi connectivity index (χ3n) is 4.41. The lowest BCUT2D eigenvalue weighted by Crippen LogP contribution is -2.27. The first kappa shape index (κ1) is 18.4. The molecule has 1 aromatic carbocycles. The van der Waals surface area contributed by atoms with Crippen molar-refractivity contribution in [1.29, 1.82) is 0 Å². The molecule has 140 valence electrons. The molecule has 7 heteroatoms. The van der Waals surface area contributed by atoms with Gasteiger partial charge in [0.1, 0.15) is 12.4 Å². The third kappa shape index (κ3) is 4.05. The summed E-state index contributed by atoms with van der Waals surface area (Å²) in [7, 11) is 1.63. The first-order valence-corrected chi connectivity index (χ1v) is 8.80. The van der Waals surface area contributed by atoms with Crippen molar-refractivity contribution >= 4 is 5.91 Å². The smallest absolute Gasteiger partial charge is 0.272 e. The van der Waals surface area contributed by atoms with E-state index in [9.17, 15) is 4.79 Å². The molecule has 2 N–H and O–H groups in total. The van der Waals surface area contributed by atoms with Crippen molar-refractivity contribution in [3.63, 3.8) is 0 Å². The second kappa shape index (κ2) is 8.33. The van der Waals surface area contributed by atoms with Crippen molar-refractivity contribution in [1.82, 2.24) is 15.5 Å². The van der Waals surface area contributed by atoms with E-state index in [4.69, 9.17) is 14.2 Å². The van der Waals surface area contributed by atoms with Crippen LogP contribution in [0.25, 0.3) is 0 Å². The lowest BCUT2D eigenvalue weighted by molar-refractivity contribution is -0.00697. The Balaban J connectivity index is 1.67. The summed E-state index contributed by atoms with van der Waals surface area (Å²) >= 11 is 0. The van der Waals surface area contributed by atoms with Gasteiger partial charge in [-0.3, -0.25) is 9.89 Å². The average molecular weight is 359 g/mol. The van der Waals surface area contributed by atoms with Crippen LogP contribution >= 0.6 is 0 Å². The molecule has 0 fully saturated rings. The van der Waals surface area contributed by atoms with Crippen LogP contribution in [0, 0.1) is 0 Å². The predicted molar refractivity (Wildman–Crippen MR) is 96.2 cm³/mol. The number of carbonyl (C=O) groups is 1. The molecule has 7 nitrogen and oxygen atoms in total. The number of fused-ring (bicyclic) bond motifs is 1. The predicted octanol–water partition coefficient (Wildman–Crippen LogP) is 2.39. The van der Waals surface area contributed by atoms with E-state index in [0.717, 1.165) is 22.6 Å².